The Kier molecular flexibility index (Phi) is 2.50. The molecule has 4 heteroatoms. The zero-order valence-electron chi connectivity index (χ0n) is 7.24. The van der Waals surface area contributed by atoms with E-state index in [-0.39, 0.29) is 11.2 Å². The van der Waals surface area contributed by atoms with Gasteiger partial charge in [0.15, 0.2) is 0 Å². The molecule has 0 aliphatic carbocycles. The minimum atomic E-state index is -0.307. The summed E-state index contributed by atoms with van der Waals surface area (Å²) < 4.78 is 12.6. The number of hydrogen-bond acceptors (Lipinski definition) is 1. The number of benzene rings is 1. The molecule has 1 heterocycles. The van der Waals surface area contributed by atoms with Crippen LogP contribution in [0.5, 0.6) is 0 Å². The van der Waals surface area contributed by atoms with E-state index in [4.69, 9.17) is 11.6 Å². The quantitative estimate of drug-likeness (QED) is 0.759. The van der Waals surface area contributed by atoms with Crippen LogP contribution in [-0.4, -0.2) is 10.2 Å². The molecule has 14 heavy (non-hydrogen) atoms. The molecule has 72 valence electrons. The van der Waals surface area contributed by atoms with Gasteiger partial charge in [-0.2, -0.15) is 5.10 Å². The largest absolute Gasteiger partial charge is 0.281 e. The molecule has 1 atom stereocenters. The predicted molar refractivity (Wildman–Crippen MR) is 52.7 cm³/mol. The van der Waals surface area contributed by atoms with Crippen LogP contribution in [0.3, 0.4) is 0 Å². The summed E-state index contributed by atoms with van der Waals surface area (Å²) in [5.74, 6) is -0.262. The van der Waals surface area contributed by atoms with E-state index in [0.29, 0.717) is 0 Å². The Morgan fingerprint density at radius 1 is 1.21 bits per heavy atom. The molecule has 1 aromatic heterocycles. The van der Waals surface area contributed by atoms with Crippen LogP contribution in [-0.2, 0) is 0 Å². The van der Waals surface area contributed by atoms with Gasteiger partial charge in [0.25, 0.3) is 0 Å². The van der Waals surface area contributed by atoms with Gasteiger partial charge in [-0.05, 0) is 23.8 Å². The smallest absolute Gasteiger partial charge is 0.123 e. The number of alkyl halides is 1. The summed E-state index contributed by atoms with van der Waals surface area (Å²) in [6.45, 7) is 0. The summed E-state index contributed by atoms with van der Waals surface area (Å²) in [6, 6.07) is 7.89. The molecule has 1 N–H and O–H groups in total. The molecule has 2 nitrogen and oxygen atoms in total. The number of halogens is 2. The topological polar surface area (TPSA) is 28.7 Å². The maximum atomic E-state index is 12.6. The minimum Gasteiger partial charge on any atom is -0.281 e. The lowest BCUT2D eigenvalue weighted by molar-refractivity contribution is 0.627. The van der Waals surface area contributed by atoms with Crippen molar-refractivity contribution in [1.82, 2.24) is 10.2 Å². The van der Waals surface area contributed by atoms with E-state index in [2.05, 4.69) is 10.2 Å². The highest BCUT2D eigenvalue weighted by molar-refractivity contribution is 6.22. The lowest BCUT2D eigenvalue weighted by atomic mass is 10.1. The van der Waals surface area contributed by atoms with Gasteiger partial charge in [-0.1, -0.05) is 12.1 Å². The summed E-state index contributed by atoms with van der Waals surface area (Å²) in [4.78, 5) is 0. The monoisotopic (exact) mass is 210 g/mol. The zero-order valence-corrected chi connectivity index (χ0v) is 8.00. The van der Waals surface area contributed by atoms with Crippen molar-refractivity contribution in [3.63, 3.8) is 0 Å². The Morgan fingerprint density at radius 3 is 2.50 bits per heavy atom. The fourth-order valence-corrected chi connectivity index (χ4v) is 1.49. The first-order valence-electron chi connectivity index (χ1n) is 4.16. The van der Waals surface area contributed by atoms with Crippen molar-refractivity contribution >= 4 is 11.6 Å². The van der Waals surface area contributed by atoms with Crippen LogP contribution in [0.25, 0.3) is 0 Å². The van der Waals surface area contributed by atoms with Crippen LogP contribution in [0.15, 0.2) is 36.5 Å². The number of aromatic amines is 1. The second kappa shape index (κ2) is 3.80. The molecule has 0 saturated carbocycles. The van der Waals surface area contributed by atoms with Crippen LogP contribution in [0, 0.1) is 5.82 Å². The van der Waals surface area contributed by atoms with Crippen LogP contribution < -0.4 is 0 Å². The lowest BCUT2D eigenvalue weighted by Crippen LogP contribution is -1.93. The molecule has 2 rings (SSSR count). The second-order valence-electron chi connectivity index (χ2n) is 2.93. The van der Waals surface area contributed by atoms with Gasteiger partial charge < -0.3 is 0 Å². The fraction of sp³-hybridized carbons (Fsp3) is 0.100. The molecule has 0 bridgehead atoms. The summed E-state index contributed by atoms with van der Waals surface area (Å²) in [5, 5.41) is 6.27. The van der Waals surface area contributed by atoms with Gasteiger partial charge in [0, 0.05) is 6.20 Å². The van der Waals surface area contributed by atoms with Crippen molar-refractivity contribution in [3.8, 4) is 0 Å². The number of rotatable bonds is 2. The van der Waals surface area contributed by atoms with Gasteiger partial charge in [-0.3, -0.25) is 5.10 Å². The number of nitrogens with one attached hydrogen (secondary N) is 1. The maximum Gasteiger partial charge on any atom is 0.123 e. The van der Waals surface area contributed by atoms with Gasteiger partial charge in [0.1, 0.15) is 11.2 Å². The molecule has 1 unspecified atom stereocenters. The molecule has 0 fully saturated rings. The van der Waals surface area contributed by atoms with Crippen molar-refractivity contribution in [2.75, 3.05) is 0 Å². The second-order valence-corrected chi connectivity index (χ2v) is 3.36. The highest BCUT2D eigenvalue weighted by atomic mass is 35.5. The number of aromatic nitrogens is 2. The normalized spacial score (nSPS) is 12.7. The van der Waals surface area contributed by atoms with Crippen molar-refractivity contribution < 1.29 is 4.39 Å². The maximum absolute atomic E-state index is 12.6. The first kappa shape index (κ1) is 9.21. The highest BCUT2D eigenvalue weighted by Crippen LogP contribution is 2.26. The molecule has 0 saturated heterocycles. The molecule has 0 radical (unpaired) electrons. The van der Waals surface area contributed by atoms with Crippen molar-refractivity contribution in [2.24, 2.45) is 0 Å². The molecule has 0 amide bonds. The molecule has 0 aliphatic rings. The van der Waals surface area contributed by atoms with Crippen LogP contribution in [0.2, 0.25) is 0 Å². The van der Waals surface area contributed by atoms with Gasteiger partial charge in [0.05, 0.1) is 5.69 Å². The van der Waals surface area contributed by atoms with E-state index in [9.17, 15) is 4.39 Å². The van der Waals surface area contributed by atoms with Crippen LogP contribution in [0.4, 0.5) is 4.39 Å². The van der Waals surface area contributed by atoms with Crippen LogP contribution in [0.1, 0.15) is 16.6 Å². The Balaban J connectivity index is 2.28. The molecular formula is C10H8ClFN2. The average molecular weight is 211 g/mol. The lowest BCUT2D eigenvalue weighted by Gasteiger charge is -2.06. The molecule has 1 aromatic carbocycles. The third kappa shape index (κ3) is 1.77. The Morgan fingerprint density at radius 2 is 1.93 bits per heavy atom. The van der Waals surface area contributed by atoms with Crippen LogP contribution >= 0.6 is 11.6 Å². The van der Waals surface area contributed by atoms with Gasteiger partial charge in [-0.15, -0.1) is 11.6 Å². The van der Waals surface area contributed by atoms with Gasteiger partial charge in [-0.25, -0.2) is 4.39 Å². The SMILES string of the molecule is Fc1ccc(C(Cl)c2ccn[nH]2)cc1. The minimum absolute atomic E-state index is 0.262. The third-order valence-corrected chi connectivity index (χ3v) is 2.45. The first-order chi connectivity index (χ1) is 6.77. The summed E-state index contributed by atoms with van der Waals surface area (Å²) >= 11 is 6.13. The highest BCUT2D eigenvalue weighted by Gasteiger charge is 2.11. The zero-order chi connectivity index (χ0) is 9.97. The Labute approximate surface area is 85.7 Å². The fourth-order valence-electron chi connectivity index (χ4n) is 1.22. The number of H-pyrrole nitrogens is 1. The molecule has 0 spiro atoms. The van der Waals surface area contributed by atoms with E-state index in [1.807, 2.05) is 0 Å². The van der Waals surface area contributed by atoms with Crippen molar-refractivity contribution in [3.05, 3.63) is 53.6 Å². The van der Waals surface area contributed by atoms with Crippen molar-refractivity contribution in [1.29, 1.82) is 0 Å². The van der Waals surface area contributed by atoms with E-state index < -0.39 is 0 Å². The summed E-state index contributed by atoms with van der Waals surface area (Å²) in [6.07, 6.45) is 1.63. The third-order valence-electron chi connectivity index (χ3n) is 1.96. The van der Waals surface area contributed by atoms with Gasteiger partial charge >= 0.3 is 0 Å². The standard InChI is InChI=1S/C10H8ClFN2/c11-10(9-5-6-13-14-9)7-1-3-8(12)4-2-7/h1-6,10H,(H,13,14). The first-order valence-corrected chi connectivity index (χ1v) is 4.60. The Hall–Kier alpha value is -1.35. The molecular weight excluding hydrogens is 203 g/mol. The van der Waals surface area contributed by atoms with E-state index >= 15 is 0 Å². The number of nitrogens with zero attached hydrogens (tertiary/aromatic N) is 1. The average Bonchev–Trinajstić information content (AvgIpc) is 2.71. The number of hydrogen-bond donors (Lipinski definition) is 1. The van der Waals surface area contributed by atoms with Gasteiger partial charge in [0.2, 0.25) is 0 Å². The van der Waals surface area contributed by atoms with E-state index in [0.717, 1.165) is 11.3 Å². The Bertz CT molecular complexity index is 397. The molecule has 2 aromatic rings. The molecule has 0 aliphatic heterocycles. The summed E-state index contributed by atoms with van der Waals surface area (Å²) in [5.41, 5.74) is 1.65. The van der Waals surface area contributed by atoms with E-state index in [1.54, 1.807) is 24.4 Å². The van der Waals surface area contributed by atoms with E-state index in [1.165, 1.54) is 12.1 Å². The summed E-state index contributed by atoms with van der Waals surface area (Å²) in [7, 11) is 0. The van der Waals surface area contributed by atoms with Crippen molar-refractivity contribution in [2.45, 2.75) is 5.38 Å². The predicted octanol–water partition coefficient (Wildman–Crippen LogP) is 2.88.